The zero-order chi connectivity index (χ0) is 15.5. The highest BCUT2D eigenvalue weighted by Gasteiger charge is 2.15. The Labute approximate surface area is 140 Å². The predicted molar refractivity (Wildman–Crippen MR) is 95.7 cm³/mol. The van der Waals surface area contributed by atoms with E-state index in [2.05, 4.69) is 44.8 Å². The quantitative estimate of drug-likeness (QED) is 0.933. The first kappa shape index (κ1) is 14.9. The zero-order valence-electron chi connectivity index (χ0n) is 13.2. The van der Waals surface area contributed by atoms with E-state index in [-0.39, 0.29) is 0 Å². The maximum Gasteiger partial charge on any atom is 0.186 e. The predicted octanol–water partition coefficient (Wildman–Crippen LogP) is 2.06. The molecule has 3 heterocycles. The lowest BCUT2D eigenvalue weighted by Gasteiger charge is -2.29. The summed E-state index contributed by atoms with van der Waals surface area (Å²) >= 11 is 1.72. The molecule has 0 radical (unpaired) electrons. The third kappa shape index (κ3) is 3.34. The van der Waals surface area contributed by atoms with Crippen molar-refractivity contribution in [2.75, 3.05) is 62.3 Å². The van der Waals surface area contributed by atoms with Gasteiger partial charge in [-0.25, -0.2) is 4.98 Å². The molecule has 0 bridgehead atoms. The van der Waals surface area contributed by atoms with Crippen LogP contribution < -0.4 is 15.1 Å². The van der Waals surface area contributed by atoms with Crippen molar-refractivity contribution in [3.63, 3.8) is 0 Å². The van der Waals surface area contributed by atoms with Crippen molar-refractivity contribution in [2.24, 2.45) is 0 Å². The average molecular weight is 330 g/mol. The molecule has 23 heavy (non-hydrogen) atoms. The molecule has 6 heteroatoms. The highest BCUT2D eigenvalue weighted by atomic mass is 32.1. The lowest BCUT2D eigenvalue weighted by atomic mass is 10.1. The number of piperazine rings is 1. The summed E-state index contributed by atoms with van der Waals surface area (Å²) in [7, 11) is 0. The summed E-state index contributed by atoms with van der Waals surface area (Å²) in [5, 5.41) is 6.66. The van der Waals surface area contributed by atoms with E-state index >= 15 is 0 Å². The monoisotopic (exact) mass is 330 g/mol. The Morgan fingerprint density at radius 2 is 1.70 bits per heavy atom. The van der Waals surface area contributed by atoms with E-state index in [4.69, 9.17) is 9.72 Å². The average Bonchev–Trinajstić information content (AvgIpc) is 3.14. The molecule has 0 spiro atoms. The minimum absolute atomic E-state index is 0.800. The van der Waals surface area contributed by atoms with E-state index in [1.807, 2.05) is 0 Å². The first-order valence-corrected chi connectivity index (χ1v) is 9.12. The lowest BCUT2D eigenvalue weighted by molar-refractivity contribution is 0.122. The van der Waals surface area contributed by atoms with Gasteiger partial charge in [-0.3, -0.25) is 0 Å². The van der Waals surface area contributed by atoms with Gasteiger partial charge in [0.1, 0.15) is 0 Å². The standard InChI is InChI=1S/C17H22N4OS/c1-3-15(20-7-5-18-6-8-20)4-2-14(1)16-13-23-17(19-16)21-9-11-22-12-10-21/h1-4,13,18H,5-12H2. The van der Waals surface area contributed by atoms with E-state index in [0.717, 1.165) is 63.3 Å². The largest absolute Gasteiger partial charge is 0.378 e. The van der Waals surface area contributed by atoms with Gasteiger partial charge in [-0.1, -0.05) is 12.1 Å². The molecule has 1 aromatic heterocycles. The van der Waals surface area contributed by atoms with Crippen molar-refractivity contribution in [2.45, 2.75) is 0 Å². The summed E-state index contributed by atoms with van der Waals surface area (Å²) < 4.78 is 5.41. The molecule has 2 fully saturated rings. The minimum Gasteiger partial charge on any atom is -0.378 e. The molecule has 0 atom stereocenters. The molecule has 2 aliphatic heterocycles. The van der Waals surface area contributed by atoms with Crippen LogP contribution in [0.3, 0.4) is 0 Å². The highest BCUT2D eigenvalue weighted by Crippen LogP contribution is 2.29. The highest BCUT2D eigenvalue weighted by molar-refractivity contribution is 7.14. The van der Waals surface area contributed by atoms with Gasteiger partial charge in [-0.05, 0) is 12.1 Å². The summed E-state index contributed by atoms with van der Waals surface area (Å²) in [6.45, 7) is 7.77. The number of nitrogens with one attached hydrogen (secondary N) is 1. The lowest BCUT2D eigenvalue weighted by Crippen LogP contribution is -2.43. The van der Waals surface area contributed by atoms with Gasteiger partial charge in [0.25, 0.3) is 0 Å². The number of morpholine rings is 1. The van der Waals surface area contributed by atoms with Gasteiger partial charge in [-0.15, -0.1) is 11.3 Å². The number of hydrogen-bond acceptors (Lipinski definition) is 6. The van der Waals surface area contributed by atoms with E-state index < -0.39 is 0 Å². The maximum atomic E-state index is 5.41. The van der Waals surface area contributed by atoms with Gasteiger partial charge in [-0.2, -0.15) is 0 Å². The summed E-state index contributed by atoms with van der Waals surface area (Å²) in [5.41, 5.74) is 3.57. The van der Waals surface area contributed by atoms with E-state index in [9.17, 15) is 0 Å². The van der Waals surface area contributed by atoms with Crippen molar-refractivity contribution >= 4 is 22.2 Å². The van der Waals surface area contributed by atoms with Crippen LogP contribution in [-0.2, 0) is 4.74 Å². The number of thiazole rings is 1. The van der Waals surface area contributed by atoms with Crippen LogP contribution in [0.4, 0.5) is 10.8 Å². The van der Waals surface area contributed by atoms with Crippen molar-refractivity contribution in [3.05, 3.63) is 29.6 Å². The van der Waals surface area contributed by atoms with Gasteiger partial charge >= 0.3 is 0 Å². The molecule has 0 aliphatic carbocycles. The van der Waals surface area contributed by atoms with Crippen molar-refractivity contribution in [1.29, 1.82) is 0 Å². The van der Waals surface area contributed by atoms with Crippen molar-refractivity contribution in [1.82, 2.24) is 10.3 Å². The zero-order valence-corrected chi connectivity index (χ0v) is 14.0. The SMILES string of the molecule is c1cc(N2CCNCC2)ccc1-c1csc(N2CCOCC2)n1. The van der Waals surface area contributed by atoms with Gasteiger partial charge < -0.3 is 19.9 Å². The molecule has 5 nitrogen and oxygen atoms in total. The Bertz CT molecular complexity index is 630. The molecular formula is C17H22N4OS. The van der Waals surface area contributed by atoms with Crippen LogP contribution in [0.25, 0.3) is 11.3 Å². The molecule has 1 N–H and O–H groups in total. The Hall–Kier alpha value is -1.63. The number of benzene rings is 1. The van der Waals surface area contributed by atoms with E-state index in [0.29, 0.717) is 0 Å². The minimum atomic E-state index is 0.800. The summed E-state index contributed by atoms with van der Waals surface area (Å²) in [6.07, 6.45) is 0. The van der Waals surface area contributed by atoms with Crippen LogP contribution in [0.5, 0.6) is 0 Å². The molecule has 122 valence electrons. The third-order valence-electron chi connectivity index (χ3n) is 4.42. The topological polar surface area (TPSA) is 40.6 Å². The number of nitrogens with zero attached hydrogens (tertiary/aromatic N) is 3. The third-order valence-corrected chi connectivity index (χ3v) is 5.32. The maximum absolute atomic E-state index is 5.41. The molecular weight excluding hydrogens is 308 g/mol. The second kappa shape index (κ2) is 6.86. The number of aromatic nitrogens is 1. The molecule has 2 aliphatic rings. The fraction of sp³-hybridized carbons (Fsp3) is 0.471. The first-order valence-electron chi connectivity index (χ1n) is 8.24. The first-order chi connectivity index (χ1) is 11.4. The van der Waals surface area contributed by atoms with Crippen LogP contribution >= 0.6 is 11.3 Å². The molecule has 0 amide bonds. The second-order valence-corrected chi connectivity index (χ2v) is 6.74. The number of ether oxygens (including phenoxy) is 1. The molecule has 2 saturated heterocycles. The number of rotatable bonds is 3. The number of anilines is 2. The van der Waals surface area contributed by atoms with Crippen LogP contribution in [0, 0.1) is 0 Å². The summed E-state index contributed by atoms with van der Waals surface area (Å²) in [4.78, 5) is 9.55. The Morgan fingerprint density at radius 1 is 0.957 bits per heavy atom. The van der Waals surface area contributed by atoms with Crippen molar-refractivity contribution < 1.29 is 4.74 Å². The Kier molecular flexibility index (Phi) is 4.46. The summed E-state index contributed by atoms with van der Waals surface area (Å²) in [5.74, 6) is 0. The Morgan fingerprint density at radius 3 is 2.43 bits per heavy atom. The van der Waals surface area contributed by atoms with Gasteiger partial charge in [0.2, 0.25) is 0 Å². The second-order valence-electron chi connectivity index (χ2n) is 5.90. The smallest absolute Gasteiger partial charge is 0.186 e. The fourth-order valence-electron chi connectivity index (χ4n) is 3.06. The van der Waals surface area contributed by atoms with Crippen LogP contribution in [0.1, 0.15) is 0 Å². The summed E-state index contributed by atoms with van der Waals surface area (Å²) in [6, 6.07) is 8.81. The van der Waals surface area contributed by atoms with Crippen molar-refractivity contribution in [3.8, 4) is 11.3 Å². The number of hydrogen-bond donors (Lipinski definition) is 1. The van der Waals surface area contributed by atoms with Gasteiger partial charge in [0.05, 0.1) is 18.9 Å². The molecule has 0 saturated carbocycles. The van der Waals surface area contributed by atoms with Gasteiger partial charge in [0.15, 0.2) is 5.13 Å². The normalized spacial score (nSPS) is 19.1. The molecule has 4 rings (SSSR count). The van der Waals surface area contributed by atoms with E-state index in [1.54, 1.807) is 11.3 Å². The van der Waals surface area contributed by atoms with Crippen LogP contribution in [0.2, 0.25) is 0 Å². The van der Waals surface area contributed by atoms with E-state index in [1.165, 1.54) is 11.3 Å². The van der Waals surface area contributed by atoms with Crippen LogP contribution in [0.15, 0.2) is 29.6 Å². The Balaban J connectivity index is 1.48. The molecule has 1 aromatic carbocycles. The van der Waals surface area contributed by atoms with Gasteiger partial charge in [0, 0.05) is 55.9 Å². The molecule has 0 unspecified atom stereocenters. The fourth-order valence-corrected chi connectivity index (χ4v) is 3.95. The molecule has 2 aromatic rings. The van der Waals surface area contributed by atoms with Crippen LogP contribution in [-0.4, -0.2) is 57.5 Å².